The second-order valence-electron chi connectivity index (χ2n) is 7.73. The molecule has 0 saturated heterocycles. The number of imidazole rings is 1. The number of hydrogen-bond acceptors (Lipinski definition) is 4. The van der Waals surface area contributed by atoms with Gasteiger partial charge in [0.05, 0.1) is 28.7 Å². The standard InChI is InChI=1S/C21H19F4N3O3/c1-12-3-5-15-16(9-12)28(13-4-6-17(14(22)10-13)31-21(23,24)25)19(26-15)27-18(29)11-20(30)7-2-8-20/h3-6,9-10,30H,2,7-8,11H2,1H3,(H,26,27,29). The highest BCUT2D eigenvalue weighted by Gasteiger charge is 2.37. The zero-order chi connectivity index (χ0) is 22.4. The van der Waals surface area contributed by atoms with Crippen LogP contribution in [0, 0.1) is 12.7 Å². The maximum Gasteiger partial charge on any atom is 0.573 e. The summed E-state index contributed by atoms with van der Waals surface area (Å²) < 4.78 is 56.8. The Morgan fingerprint density at radius 3 is 2.61 bits per heavy atom. The number of carbonyl (C=O) groups is 1. The quantitative estimate of drug-likeness (QED) is 0.572. The summed E-state index contributed by atoms with van der Waals surface area (Å²) in [4.78, 5) is 16.9. The number of halogens is 4. The largest absolute Gasteiger partial charge is 0.573 e. The van der Waals surface area contributed by atoms with E-state index in [1.165, 1.54) is 10.6 Å². The molecule has 10 heteroatoms. The minimum absolute atomic E-state index is 0.0670. The predicted octanol–water partition coefficient (Wildman–Crippen LogP) is 4.62. The van der Waals surface area contributed by atoms with E-state index in [0.717, 1.165) is 24.1 Å². The van der Waals surface area contributed by atoms with Crippen molar-refractivity contribution >= 4 is 22.9 Å². The zero-order valence-electron chi connectivity index (χ0n) is 16.5. The van der Waals surface area contributed by atoms with Crippen LogP contribution in [0.2, 0.25) is 0 Å². The van der Waals surface area contributed by atoms with Crippen LogP contribution in [0.25, 0.3) is 16.7 Å². The fraction of sp³-hybridized carbons (Fsp3) is 0.333. The van der Waals surface area contributed by atoms with Crippen molar-refractivity contribution in [3.63, 3.8) is 0 Å². The van der Waals surface area contributed by atoms with Gasteiger partial charge in [-0.15, -0.1) is 13.2 Å². The number of rotatable bonds is 5. The lowest BCUT2D eigenvalue weighted by molar-refractivity contribution is -0.275. The Bertz CT molecular complexity index is 1150. The molecule has 0 radical (unpaired) electrons. The number of alkyl halides is 3. The minimum Gasteiger partial charge on any atom is -0.403 e. The second-order valence-corrected chi connectivity index (χ2v) is 7.73. The van der Waals surface area contributed by atoms with E-state index in [1.54, 1.807) is 12.1 Å². The normalized spacial score (nSPS) is 15.5. The summed E-state index contributed by atoms with van der Waals surface area (Å²) in [5.41, 5.74) is 1.01. The van der Waals surface area contributed by atoms with Gasteiger partial charge in [0.1, 0.15) is 0 Å². The number of anilines is 1. The highest BCUT2D eigenvalue weighted by molar-refractivity contribution is 5.93. The summed E-state index contributed by atoms with van der Waals surface area (Å²) >= 11 is 0. The third-order valence-electron chi connectivity index (χ3n) is 5.23. The molecular weight excluding hydrogens is 418 g/mol. The molecular formula is C21H19F4N3O3. The molecule has 1 heterocycles. The molecule has 1 saturated carbocycles. The third kappa shape index (κ3) is 4.48. The van der Waals surface area contributed by atoms with Crippen LogP contribution in [-0.2, 0) is 4.79 Å². The van der Waals surface area contributed by atoms with Gasteiger partial charge in [-0.05, 0) is 56.0 Å². The first-order valence-electron chi connectivity index (χ1n) is 9.60. The number of nitrogens with one attached hydrogen (secondary N) is 1. The molecule has 31 heavy (non-hydrogen) atoms. The van der Waals surface area contributed by atoms with Crippen molar-refractivity contribution < 1.29 is 32.2 Å². The third-order valence-corrected chi connectivity index (χ3v) is 5.23. The SMILES string of the molecule is Cc1ccc2nc(NC(=O)CC3(O)CCC3)n(-c3ccc(OC(F)(F)F)c(F)c3)c2c1. The van der Waals surface area contributed by atoms with Crippen molar-refractivity contribution in [3.05, 3.63) is 47.8 Å². The fourth-order valence-electron chi connectivity index (χ4n) is 3.60. The molecule has 2 aromatic carbocycles. The Morgan fingerprint density at radius 2 is 2.00 bits per heavy atom. The van der Waals surface area contributed by atoms with E-state index in [1.807, 2.05) is 13.0 Å². The minimum atomic E-state index is -5.03. The first-order valence-corrected chi connectivity index (χ1v) is 9.60. The number of amides is 1. The van der Waals surface area contributed by atoms with Gasteiger partial charge in [0, 0.05) is 6.07 Å². The average molecular weight is 437 g/mol. The summed E-state index contributed by atoms with van der Waals surface area (Å²) in [7, 11) is 0. The Morgan fingerprint density at radius 1 is 1.26 bits per heavy atom. The van der Waals surface area contributed by atoms with Crippen LogP contribution in [-0.4, -0.2) is 32.5 Å². The molecule has 1 amide bonds. The Balaban J connectivity index is 1.73. The summed E-state index contributed by atoms with van der Waals surface area (Å²) in [6, 6.07) is 8.26. The van der Waals surface area contributed by atoms with E-state index >= 15 is 0 Å². The molecule has 1 aromatic heterocycles. The van der Waals surface area contributed by atoms with Gasteiger partial charge in [0.25, 0.3) is 0 Å². The number of aliphatic hydroxyl groups is 1. The molecule has 0 atom stereocenters. The van der Waals surface area contributed by atoms with Crippen LogP contribution in [0.15, 0.2) is 36.4 Å². The van der Waals surface area contributed by atoms with Crippen LogP contribution in [0.5, 0.6) is 5.75 Å². The smallest absolute Gasteiger partial charge is 0.403 e. The molecule has 1 aliphatic carbocycles. The maximum absolute atomic E-state index is 14.3. The highest BCUT2D eigenvalue weighted by Crippen LogP contribution is 2.35. The molecule has 0 unspecified atom stereocenters. The van der Waals surface area contributed by atoms with Crippen molar-refractivity contribution in [2.24, 2.45) is 0 Å². The Hall–Kier alpha value is -3.14. The van der Waals surface area contributed by atoms with E-state index < -0.39 is 29.4 Å². The summed E-state index contributed by atoms with van der Waals surface area (Å²) in [5.74, 6) is -2.58. The number of fused-ring (bicyclic) bond motifs is 1. The van der Waals surface area contributed by atoms with Gasteiger partial charge in [-0.1, -0.05) is 6.07 Å². The first-order chi connectivity index (χ1) is 14.5. The van der Waals surface area contributed by atoms with Gasteiger partial charge in [0.2, 0.25) is 11.9 Å². The van der Waals surface area contributed by atoms with Crippen LogP contribution >= 0.6 is 0 Å². The fourth-order valence-corrected chi connectivity index (χ4v) is 3.60. The summed E-state index contributed by atoms with van der Waals surface area (Å²) in [6.45, 7) is 1.84. The van der Waals surface area contributed by atoms with Gasteiger partial charge in [-0.3, -0.25) is 14.7 Å². The van der Waals surface area contributed by atoms with Gasteiger partial charge >= 0.3 is 6.36 Å². The Labute approximate surface area is 174 Å². The molecule has 0 aliphatic heterocycles. The number of ether oxygens (including phenoxy) is 1. The number of nitrogens with zero attached hydrogens (tertiary/aromatic N) is 2. The molecule has 1 fully saturated rings. The molecule has 0 spiro atoms. The van der Waals surface area contributed by atoms with Crippen molar-refractivity contribution in [2.45, 2.75) is 44.6 Å². The van der Waals surface area contributed by atoms with Crippen LogP contribution < -0.4 is 10.1 Å². The molecule has 1 aliphatic rings. The van der Waals surface area contributed by atoms with Crippen molar-refractivity contribution in [1.82, 2.24) is 9.55 Å². The zero-order valence-corrected chi connectivity index (χ0v) is 16.5. The molecule has 3 aromatic rings. The number of hydrogen-bond donors (Lipinski definition) is 2. The van der Waals surface area contributed by atoms with Gasteiger partial charge in [-0.2, -0.15) is 0 Å². The van der Waals surface area contributed by atoms with Crippen molar-refractivity contribution in [2.75, 3.05) is 5.32 Å². The van der Waals surface area contributed by atoms with Gasteiger partial charge in [-0.25, -0.2) is 9.37 Å². The van der Waals surface area contributed by atoms with E-state index in [4.69, 9.17) is 0 Å². The van der Waals surface area contributed by atoms with Crippen molar-refractivity contribution in [1.29, 1.82) is 0 Å². The summed E-state index contributed by atoms with van der Waals surface area (Å²) in [5, 5.41) is 12.9. The Kier molecular flexibility index (Phi) is 5.12. The number of carbonyl (C=O) groups excluding carboxylic acids is 1. The number of aromatic nitrogens is 2. The monoisotopic (exact) mass is 437 g/mol. The number of benzene rings is 2. The average Bonchev–Trinajstić information content (AvgIpc) is 2.97. The molecule has 164 valence electrons. The van der Waals surface area contributed by atoms with E-state index in [-0.39, 0.29) is 18.1 Å². The van der Waals surface area contributed by atoms with Crippen LogP contribution in [0.3, 0.4) is 0 Å². The van der Waals surface area contributed by atoms with E-state index in [0.29, 0.717) is 23.9 Å². The lowest BCUT2D eigenvalue weighted by atomic mass is 9.78. The molecule has 6 nitrogen and oxygen atoms in total. The topological polar surface area (TPSA) is 76.4 Å². The van der Waals surface area contributed by atoms with Crippen molar-refractivity contribution in [3.8, 4) is 11.4 Å². The van der Waals surface area contributed by atoms with Gasteiger partial charge < -0.3 is 9.84 Å². The van der Waals surface area contributed by atoms with E-state index in [9.17, 15) is 27.5 Å². The van der Waals surface area contributed by atoms with E-state index in [2.05, 4.69) is 15.0 Å². The lowest BCUT2D eigenvalue weighted by Gasteiger charge is -2.35. The maximum atomic E-state index is 14.3. The first kappa shape index (κ1) is 21.1. The molecule has 2 N–H and O–H groups in total. The number of aryl methyl sites for hydroxylation is 1. The van der Waals surface area contributed by atoms with Gasteiger partial charge in [0.15, 0.2) is 11.6 Å². The predicted molar refractivity (Wildman–Crippen MR) is 104 cm³/mol. The highest BCUT2D eigenvalue weighted by atomic mass is 19.4. The van der Waals surface area contributed by atoms with Crippen LogP contribution in [0.4, 0.5) is 23.5 Å². The lowest BCUT2D eigenvalue weighted by Crippen LogP contribution is -2.40. The summed E-state index contributed by atoms with van der Waals surface area (Å²) in [6.07, 6.45) is -3.24. The molecule has 4 rings (SSSR count). The molecule has 0 bridgehead atoms. The second kappa shape index (κ2) is 7.52. The van der Waals surface area contributed by atoms with Crippen LogP contribution in [0.1, 0.15) is 31.2 Å².